The van der Waals surface area contributed by atoms with Gasteiger partial charge in [0.1, 0.15) is 0 Å². The van der Waals surface area contributed by atoms with Crippen molar-refractivity contribution in [2.75, 3.05) is 17.6 Å². The lowest BCUT2D eigenvalue weighted by Gasteiger charge is -2.30. The Balaban J connectivity index is 1.64. The number of nitrogens with one attached hydrogen (secondary N) is 1. The van der Waals surface area contributed by atoms with Gasteiger partial charge in [0.2, 0.25) is 0 Å². The Morgan fingerprint density at radius 2 is 2.00 bits per heavy atom. The second-order valence-electron chi connectivity index (χ2n) is 4.61. The summed E-state index contributed by atoms with van der Waals surface area (Å²) in [6, 6.07) is 16.6. The molecule has 2 aromatic rings. The number of fused-ring (bicyclic) bond motifs is 1. The Labute approximate surface area is 101 Å². The van der Waals surface area contributed by atoms with Gasteiger partial charge in [-0.3, -0.25) is 0 Å². The molecule has 17 heavy (non-hydrogen) atoms. The monoisotopic (exact) mass is 224 g/mol. The van der Waals surface area contributed by atoms with E-state index in [-0.39, 0.29) is 0 Å². The minimum atomic E-state index is 0.646. The van der Waals surface area contributed by atoms with Crippen molar-refractivity contribution in [3.63, 3.8) is 0 Å². The van der Waals surface area contributed by atoms with Crippen LogP contribution in [0, 0.1) is 0 Å². The summed E-state index contributed by atoms with van der Waals surface area (Å²) in [4.78, 5) is 0. The first-order valence-electron chi connectivity index (χ1n) is 6.00. The summed E-state index contributed by atoms with van der Waals surface area (Å²) >= 11 is 0. The molecule has 0 aliphatic heterocycles. The first kappa shape index (κ1) is 10.2. The second kappa shape index (κ2) is 4.13. The molecule has 1 unspecified atom stereocenters. The van der Waals surface area contributed by atoms with E-state index in [1.807, 2.05) is 18.2 Å². The SMILES string of the molecule is Nc1cccc(NCC2Cc3ccccc32)c1. The molecule has 0 saturated carbocycles. The van der Waals surface area contributed by atoms with Crippen molar-refractivity contribution >= 4 is 11.4 Å². The summed E-state index contributed by atoms with van der Waals surface area (Å²) in [5.41, 5.74) is 10.6. The highest BCUT2D eigenvalue weighted by atomic mass is 14.9. The Kier molecular flexibility index (Phi) is 2.48. The molecule has 2 aromatic carbocycles. The molecule has 0 heterocycles. The van der Waals surface area contributed by atoms with Gasteiger partial charge >= 0.3 is 0 Å². The van der Waals surface area contributed by atoms with Crippen LogP contribution in [0.3, 0.4) is 0 Å². The van der Waals surface area contributed by atoms with Crippen molar-refractivity contribution in [2.45, 2.75) is 12.3 Å². The zero-order valence-electron chi connectivity index (χ0n) is 9.69. The van der Waals surface area contributed by atoms with Crippen LogP contribution in [-0.2, 0) is 6.42 Å². The fraction of sp³-hybridized carbons (Fsp3) is 0.200. The summed E-state index contributed by atoms with van der Waals surface area (Å²) in [6.07, 6.45) is 1.19. The van der Waals surface area contributed by atoms with Crippen LogP contribution in [0.25, 0.3) is 0 Å². The van der Waals surface area contributed by atoms with Crippen molar-refractivity contribution in [3.05, 3.63) is 59.7 Å². The third kappa shape index (κ3) is 1.98. The van der Waals surface area contributed by atoms with Crippen LogP contribution in [-0.4, -0.2) is 6.54 Å². The number of nitrogen functional groups attached to an aromatic ring is 1. The van der Waals surface area contributed by atoms with Crippen LogP contribution in [0.5, 0.6) is 0 Å². The minimum absolute atomic E-state index is 0.646. The van der Waals surface area contributed by atoms with E-state index in [1.54, 1.807) is 0 Å². The van der Waals surface area contributed by atoms with Gasteiger partial charge in [-0.25, -0.2) is 0 Å². The Morgan fingerprint density at radius 1 is 1.12 bits per heavy atom. The summed E-state index contributed by atoms with van der Waals surface area (Å²) in [5.74, 6) is 0.646. The van der Waals surface area contributed by atoms with Crippen LogP contribution in [0.4, 0.5) is 11.4 Å². The summed E-state index contributed by atoms with van der Waals surface area (Å²) in [7, 11) is 0. The molecule has 1 aliphatic carbocycles. The predicted octanol–water partition coefficient (Wildman–Crippen LogP) is 3.02. The highest BCUT2D eigenvalue weighted by molar-refractivity contribution is 5.54. The van der Waals surface area contributed by atoms with Gasteiger partial charge in [-0.05, 0) is 35.7 Å². The van der Waals surface area contributed by atoms with Crippen molar-refractivity contribution in [3.8, 4) is 0 Å². The molecule has 0 radical (unpaired) electrons. The zero-order chi connectivity index (χ0) is 11.7. The number of hydrogen-bond donors (Lipinski definition) is 2. The van der Waals surface area contributed by atoms with Crippen LogP contribution in [0.15, 0.2) is 48.5 Å². The van der Waals surface area contributed by atoms with Crippen molar-refractivity contribution in [1.82, 2.24) is 0 Å². The van der Waals surface area contributed by atoms with Gasteiger partial charge in [0.25, 0.3) is 0 Å². The van der Waals surface area contributed by atoms with E-state index < -0.39 is 0 Å². The highest BCUT2D eigenvalue weighted by Gasteiger charge is 2.24. The van der Waals surface area contributed by atoms with Gasteiger partial charge in [0.05, 0.1) is 0 Å². The van der Waals surface area contributed by atoms with Gasteiger partial charge in [0.15, 0.2) is 0 Å². The van der Waals surface area contributed by atoms with Crippen molar-refractivity contribution < 1.29 is 0 Å². The Hall–Kier alpha value is -1.96. The summed E-state index contributed by atoms with van der Waals surface area (Å²) in [6.45, 7) is 0.987. The van der Waals surface area contributed by atoms with E-state index in [0.717, 1.165) is 17.9 Å². The second-order valence-corrected chi connectivity index (χ2v) is 4.61. The number of anilines is 2. The average Bonchev–Trinajstić information content (AvgIpc) is 2.30. The number of hydrogen-bond acceptors (Lipinski definition) is 2. The lowest BCUT2D eigenvalue weighted by atomic mass is 9.77. The average molecular weight is 224 g/mol. The van der Waals surface area contributed by atoms with E-state index in [4.69, 9.17) is 5.73 Å². The van der Waals surface area contributed by atoms with Crippen molar-refractivity contribution in [2.24, 2.45) is 0 Å². The molecule has 2 heteroatoms. The van der Waals surface area contributed by atoms with Crippen LogP contribution >= 0.6 is 0 Å². The topological polar surface area (TPSA) is 38.0 Å². The Bertz CT molecular complexity index is 534. The fourth-order valence-electron chi connectivity index (χ4n) is 2.43. The zero-order valence-corrected chi connectivity index (χ0v) is 9.69. The highest BCUT2D eigenvalue weighted by Crippen LogP contribution is 2.34. The van der Waals surface area contributed by atoms with Crippen LogP contribution in [0.1, 0.15) is 17.0 Å². The molecular formula is C15H16N2. The minimum Gasteiger partial charge on any atom is -0.399 e. The van der Waals surface area contributed by atoms with Crippen LogP contribution < -0.4 is 11.1 Å². The molecule has 86 valence electrons. The smallest absolute Gasteiger partial charge is 0.0361 e. The molecule has 0 amide bonds. The molecule has 3 N–H and O–H groups in total. The maximum atomic E-state index is 5.75. The quantitative estimate of drug-likeness (QED) is 0.786. The van der Waals surface area contributed by atoms with E-state index in [1.165, 1.54) is 17.5 Å². The third-order valence-corrected chi connectivity index (χ3v) is 3.40. The molecule has 0 saturated heterocycles. The number of rotatable bonds is 3. The van der Waals surface area contributed by atoms with Crippen molar-refractivity contribution in [1.29, 1.82) is 0 Å². The largest absolute Gasteiger partial charge is 0.399 e. The molecule has 0 bridgehead atoms. The van der Waals surface area contributed by atoms with E-state index in [2.05, 4.69) is 35.6 Å². The summed E-state index contributed by atoms with van der Waals surface area (Å²) < 4.78 is 0. The Morgan fingerprint density at radius 3 is 2.82 bits per heavy atom. The van der Waals surface area contributed by atoms with Gasteiger partial charge in [-0.15, -0.1) is 0 Å². The third-order valence-electron chi connectivity index (χ3n) is 3.40. The summed E-state index contributed by atoms with van der Waals surface area (Å²) in [5, 5.41) is 3.45. The van der Waals surface area contributed by atoms with E-state index in [0.29, 0.717) is 5.92 Å². The number of nitrogens with two attached hydrogens (primary N) is 1. The normalized spacial score (nSPS) is 17.1. The van der Waals surface area contributed by atoms with Gasteiger partial charge in [-0.1, -0.05) is 30.3 Å². The fourth-order valence-corrected chi connectivity index (χ4v) is 2.43. The first-order chi connectivity index (χ1) is 8.33. The predicted molar refractivity (Wildman–Crippen MR) is 72.2 cm³/mol. The van der Waals surface area contributed by atoms with Gasteiger partial charge in [-0.2, -0.15) is 0 Å². The molecule has 0 aromatic heterocycles. The number of benzene rings is 2. The van der Waals surface area contributed by atoms with E-state index >= 15 is 0 Å². The maximum absolute atomic E-state index is 5.75. The molecule has 0 fully saturated rings. The lowest BCUT2D eigenvalue weighted by Crippen LogP contribution is -2.24. The van der Waals surface area contributed by atoms with E-state index in [9.17, 15) is 0 Å². The molecule has 0 spiro atoms. The first-order valence-corrected chi connectivity index (χ1v) is 6.00. The molecule has 2 nitrogen and oxygen atoms in total. The molecule has 3 rings (SSSR count). The lowest BCUT2D eigenvalue weighted by molar-refractivity contribution is 0.636. The molecule has 1 atom stereocenters. The van der Waals surface area contributed by atoms with Gasteiger partial charge in [0, 0.05) is 23.8 Å². The maximum Gasteiger partial charge on any atom is 0.0361 e. The van der Waals surface area contributed by atoms with Gasteiger partial charge < -0.3 is 11.1 Å². The standard InChI is InChI=1S/C15H16N2/c16-13-5-3-6-14(9-13)17-10-12-8-11-4-1-2-7-15(11)12/h1-7,9,12,17H,8,10,16H2. The molecule has 1 aliphatic rings. The van der Waals surface area contributed by atoms with Crippen LogP contribution in [0.2, 0.25) is 0 Å². The molecular weight excluding hydrogens is 208 g/mol.